The van der Waals surface area contributed by atoms with Gasteiger partial charge in [0, 0.05) is 5.39 Å². The van der Waals surface area contributed by atoms with Crippen molar-refractivity contribution in [3.8, 4) is 5.75 Å². The molecule has 148 valence electrons. The minimum Gasteiger partial charge on any atom is -0.433 e. The molecule has 0 bridgehead atoms. The Morgan fingerprint density at radius 2 is 1.93 bits per heavy atom. The number of carbonyl (C=O) groups is 1. The number of nitrogens with one attached hydrogen (secondary N) is 1. The van der Waals surface area contributed by atoms with Gasteiger partial charge in [0.25, 0.3) is 0 Å². The molecular formula is C20H16F2N4O2S. The molecule has 0 saturated heterocycles. The first kappa shape index (κ1) is 19.1. The van der Waals surface area contributed by atoms with Crippen molar-refractivity contribution >= 4 is 39.9 Å². The lowest BCUT2D eigenvalue weighted by atomic mass is 10.1. The standard InChI is InChI=1S/C20H16F2N4O2S/c1-12-10-17-24-25-20(26(17)15-8-4-2-6-13(12)15)29-11-18(27)23-14-7-3-5-9-16(14)28-19(21)22/h2-10,19H,11H2,1H3,(H,23,27). The number of aromatic nitrogens is 3. The first-order valence-electron chi connectivity index (χ1n) is 8.73. The number of halogens is 2. The zero-order valence-electron chi connectivity index (χ0n) is 15.3. The minimum atomic E-state index is -2.97. The van der Waals surface area contributed by atoms with Gasteiger partial charge in [-0.15, -0.1) is 10.2 Å². The Morgan fingerprint density at radius 3 is 2.76 bits per heavy atom. The molecule has 0 radical (unpaired) electrons. The Kier molecular flexibility index (Phi) is 5.30. The van der Waals surface area contributed by atoms with E-state index in [1.807, 2.05) is 41.7 Å². The van der Waals surface area contributed by atoms with Crippen LogP contribution in [0.25, 0.3) is 16.6 Å². The fourth-order valence-electron chi connectivity index (χ4n) is 3.05. The number of aryl methyl sites for hydroxylation is 1. The van der Waals surface area contributed by atoms with E-state index in [4.69, 9.17) is 0 Å². The van der Waals surface area contributed by atoms with Gasteiger partial charge in [-0.25, -0.2) is 0 Å². The van der Waals surface area contributed by atoms with Gasteiger partial charge in [-0.05, 0) is 36.8 Å². The summed E-state index contributed by atoms with van der Waals surface area (Å²) in [6.45, 7) is -0.961. The second-order valence-electron chi connectivity index (χ2n) is 6.23. The molecule has 0 spiro atoms. The zero-order valence-corrected chi connectivity index (χ0v) is 16.1. The van der Waals surface area contributed by atoms with Crippen LogP contribution < -0.4 is 10.1 Å². The van der Waals surface area contributed by atoms with Crippen LogP contribution >= 0.6 is 11.8 Å². The summed E-state index contributed by atoms with van der Waals surface area (Å²) in [4.78, 5) is 12.4. The van der Waals surface area contributed by atoms with E-state index in [1.165, 1.54) is 23.9 Å². The zero-order chi connectivity index (χ0) is 20.4. The van der Waals surface area contributed by atoms with Crippen LogP contribution in [-0.2, 0) is 4.79 Å². The highest BCUT2D eigenvalue weighted by Gasteiger charge is 2.15. The summed E-state index contributed by atoms with van der Waals surface area (Å²) < 4.78 is 31.4. The SMILES string of the molecule is Cc1cc2nnc(SCC(=O)Nc3ccccc3OC(F)F)n2c2ccccc12. The maximum absolute atomic E-state index is 12.5. The molecule has 4 aromatic rings. The van der Waals surface area contributed by atoms with Gasteiger partial charge in [0.1, 0.15) is 5.75 Å². The first-order chi connectivity index (χ1) is 14.0. The van der Waals surface area contributed by atoms with Crippen molar-refractivity contribution in [2.24, 2.45) is 0 Å². The molecule has 0 fully saturated rings. The number of alkyl halides is 2. The number of thioether (sulfide) groups is 1. The Balaban J connectivity index is 1.54. The average Bonchev–Trinajstić information content (AvgIpc) is 3.11. The van der Waals surface area contributed by atoms with Crippen LogP contribution in [0.2, 0.25) is 0 Å². The van der Waals surface area contributed by atoms with E-state index in [-0.39, 0.29) is 23.1 Å². The van der Waals surface area contributed by atoms with Gasteiger partial charge in [-0.1, -0.05) is 42.1 Å². The first-order valence-corrected chi connectivity index (χ1v) is 9.71. The molecule has 4 rings (SSSR count). The molecule has 0 saturated carbocycles. The fraction of sp³-hybridized carbons (Fsp3) is 0.150. The fourth-order valence-corrected chi connectivity index (χ4v) is 3.81. The van der Waals surface area contributed by atoms with Crippen LogP contribution in [0, 0.1) is 6.92 Å². The number of para-hydroxylation sites is 3. The van der Waals surface area contributed by atoms with Gasteiger partial charge in [-0.2, -0.15) is 8.78 Å². The lowest BCUT2D eigenvalue weighted by Crippen LogP contribution is -2.16. The van der Waals surface area contributed by atoms with E-state index in [0.29, 0.717) is 10.8 Å². The Bertz CT molecular complexity index is 1200. The van der Waals surface area contributed by atoms with E-state index in [1.54, 1.807) is 12.1 Å². The summed E-state index contributed by atoms with van der Waals surface area (Å²) in [5.74, 6) is -0.421. The smallest absolute Gasteiger partial charge is 0.387 e. The molecule has 2 aromatic heterocycles. The Labute approximate surface area is 168 Å². The van der Waals surface area contributed by atoms with Gasteiger partial charge in [0.05, 0.1) is 17.0 Å². The molecule has 0 aliphatic carbocycles. The van der Waals surface area contributed by atoms with Crippen molar-refractivity contribution in [2.75, 3.05) is 11.1 Å². The lowest BCUT2D eigenvalue weighted by molar-refractivity contribution is -0.113. The highest BCUT2D eigenvalue weighted by atomic mass is 32.2. The number of fused-ring (bicyclic) bond motifs is 3. The van der Waals surface area contributed by atoms with Crippen molar-refractivity contribution in [1.82, 2.24) is 14.6 Å². The highest BCUT2D eigenvalue weighted by Crippen LogP contribution is 2.28. The largest absolute Gasteiger partial charge is 0.433 e. The van der Waals surface area contributed by atoms with E-state index in [2.05, 4.69) is 20.3 Å². The topological polar surface area (TPSA) is 68.5 Å². The third kappa shape index (κ3) is 4.00. The Hall–Kier alpha value is -3.20. The minimum absolute atomic E-state index is 0.0337. The van der Waals surface area contributed by atoms with Gasteiger partial charge in [-0.3, -0.25) is 9.20 Å². The van der Waals surface area contributed by atoms with E-state index < -0.39 is 6.61 Å². The van der Waals surface area contributed by atoms with Crippen molar-refractivity contribution in [3.63, 3.8) is 0 Å². The summed E-state index contributed by atoms with van der Waals surface area (Å²) in [6.07, 6.45) is 0. The number of rotatable bonds is 6. The number of ether oxygens (including phenoxy) is 1. The number of anilines is 1. The number of nitrogens with zero attached hydrogens (tertiary/aromatic N) is 3. The van der Waals surface area contributed by atoms with Crippen molar-refractivity contribution < 1.29 is 18.3 Å². The van der Waals surface area contributed by atoms with Crippen molar-refractivity contribution in [3.05, 3.63) is 60.2 Å². The maximum Gasteiger partial charge on any atom is 0.387 e. The van der Waals surface area contributed by atoms with Crippen molar-refractivity contribution in [1.29, 1.82) is 0 Å². The molecular weight excluding hydrogens is 398 g/mol. The van der Waals surface area contributed by atoms with Crippen LogP contribution in [0.3, 0.4) is 0 Å². The van der Waals surface area contributed by atoms with Gasteiger partial charge in [0.15, 0.2) is 10.8 Å². The summed E-state index contributed by atoms with van der Waals surface area (Å²) >= 11 is 1.21. The van der Waals surface area contributed by atoms with Crippen molar-refractivity contribution in [2.45, 2.75) is 18.7 Å². The van der Waals surface area contributed by atoms with E-state index in [9.17, 15) is 13.6 Å². The third-order valence-electron chi connectivity index (χ3n) is 4.28. The number of amides is 1. The quantitative estimate of drug-likeness (QED) is 0.470. The highest BCUT2D eigenvalue weighted by molar-refractivity contribution is 7.99. The molecule has 0 atom stereocenters. The molecule has 0 aliphatic heterocycles. The van der Waals surface area contributed by atoms with Gasteiger partial charge < -0.3 is 10.1 Å². The molecule has 9 heteroatoms. The van der Waals surface area contributed by atoms with Crippen LogP contribution in [0.1, 0.15) is 5.56 Å². The summed E-state index contributed by atoms with van der Waals surface area (Å²) in [5.41, 5.74) is 2.92. The number of hydrogen-bond acceptors (Lipinski definition) is 5. The molecule has 1 amide bonds. The molecule has 6 nitrogen and oxygen atoms in total. The lowest BCUT2D eigenvalue weighted by Gasteiger charge is -2.11. The number of pyridine rings is 1. The molecule has 2 heterocycles. The van der Waals surface area contributed by atoms with Crippen LogP contribution in [0.4, 0.5) is 14.5 Å². The number of hydrogen-bond donors (Lipinski definition) is 1. The summed E-state index contributed by atoms with van der Waals surface area (Å²) in [6, 6.07) is 15.9. The monoisotopic (exact) mass is 414 g/mol. The second-order valence-corrected chi connectivity index (χ2v) is 7.17. The number of carbonyl (C=O) groups excluding carboxylic acids is 1. The van der Waals surface area contributed by atoms with E-state index >= 15 is 0 Å². The molecule has 0 aliphatic rings. The summed E-state index contributed by atoms with van der Waals surface area (Å²) in [5, 5.41) is 12.6. The van der Waals surface area contributed by atoms with Crippen LogP contribution in [0.5, 0.6) is 5.75 Å². The summed E-state index contributed by atoms with van der Waals surface area (Å²) in [7, 11) is 0. The predicted octanol–water partition coefficient (Wildman–Crippen LogP) is 4.52. The van der Waals surface area contributed by atoms with Gasteiger partial charge in [0.2, 0.25) is 5.91 Å². The van der Waals surface area contributed by atoms with Crippen LogP contribution in [0.15, 0.2) is 59.8 Å². The number of benzene rings is 2. The normalized spacial score (nSPS) is 11.3. The van der Waals surface area contributed by atoms with E-state index in [0.717, 1.165) is 16.5 Å². The molecule has 0 unspecified atom stereocenters. The van der Waals surface area contributed by atoms with Crippen LogP contribution in [-0.4, -0.2) is 32.9 Å². The predicted molar refractivity (Wildman–Crippen MR) is 108 cm³/mol. The molecule has 2 aromatic carbocycles. The molecule has 1 N–H and O–H groups in total. The second kappa shape index (κ2) is 8.04. The molecule has 29 heavy (non-hydrogen) atoms. The Morgan fingerprint density at radius 1 is 1.17 bits per heavy atom. The average molecular weight is 414 g/mol. The maximum atomic E-state index is 12.5. The van der Waals surface area contributed by atoms with Gasteiger partial charge >= 0.3 is 6.61 Å². The third-order valence-corrected chi connectivity index (χ3v) is 5.21.